The number of aromatic amines is 1. The van der Waals surface area contributed by atoms with E-state index in [0.29, 0.717) is 17.3 Å². The van der Waals surface area contributed by atoms with Crippen molar-refractivity contribution < 1.29 is 40.8 Å². The van der Waals surface area contributed by atoms with E-state index < -0.39 is 46.4 Å². The van der Waals surface area contributed by atoms with Gasteiger partial charge in [0, 0.05) is 31.3 Å². The molecule has 4 aromatic rings. The molecule has 5 rings (SSSR count). The molecule has 42 heavy (non-hydrogen) atoms. The van der Waals surface area contributed by atoms with E-state index in [2.05, 4.69) is 30.4 Å². The van der Waals surface area contributed by atoms with Crippen LogP contribution in [0.5, 0.6) is 0 Å². The lowest BCUT2D eigenvalue weighted by Crippen LogP contribution is -2.47. The van der Waals surface area contributed by atoms with E-state index in [1.165, 1.54) is 17.2 Å². The van der Waals surface area contributed by atoms with Crippen LogP contribution in [0.4, 0.5) is 33.6 Å². The first-order chi connectivity index (χ1) is 19.9. The smallest absolute Gasteiger partial charge is 0.389 e. The zero-order chi connectivity index (χ0) is 30.1. The Morgan fingerprint density at radius 2 is 1.83 bits per heavy atom. The Morgan fingerprint density at radius 3 is 2.52 bits per heavy atom. The number of nitrogens with one attached hydrogen (secondary N) is 2. The van der Waals surface area contributed by atoms with Crippen molar-refractivity contribution in [2.24, 2.45) is 0 Å². The van der Waals surface area contributed by atoms with Gasteiger partial charge >= 0.3 is 17.9 Å². The third kappa shape index (κ3) is 5.84. The number of nitrogens with zero attached hydrogens (tertiary/aromatic N) is 5. The SMILES string of the molecule is O=C(c1cccc(F)c1F)N1CCC(Cc2cccc(Nc3ccn[nH]3)n2)(c2nn(OC(=O)C(F)(F)F)c(=O)o2)CC1. The zero-order valence-corrected chi connectivity index (χ0v) is 21.3. The number of alkyl halides is 3. The minimum Gasteiger partial charge on any atom is -0.389 e. The predicted octanol–water partition coefficient (Wildman–Crippen LogP) is 2.91. The van der Waals surface area contributed by atoms with E-state index in [-0.39, 0.29) is 43.1 Å². The number of likely N-dealkylation sites (tertiary alicyclic amines) is 1. The van der Waals surface area contributed by atoms with Crippen molar-refractivity contribution in [1.82, 2.24) is 30.0 Å². The lowest BCUT2D eigenvalue weighted by molar-refractivity contribution is -0.202. The standard InChI is InChI=1S/C25H20F5N7O5/c26-16-5-2-4-15(19(16)27)20(38)36-11-8-24(9-12-36,21-35-37(23(40)41-21)42-22(39)25(28,29)30)13-14-3-1-6-17(32-14)33-18-7-10-31-34-18/h1-7,10H,8-9,11-13H2,(H2,31,32,33,34). The van der Waals surface area contributed by atoms with Crippen LogP contribution < -0.4 is 15.9 Å². The molecule has 0 atom stereocenters. The van der Waals surface area contributed by atoms with E-state index in [1.807, 2.05) is 0 Å². The number of piperidine rings is 1. The molecule has 1 aromatic carbocycles. The summed E-state index contributed by atoms with van der Waals surface area (Å²) in [5.74, 6) is -6.85. The first-order valence-electron chi connectivity index (χ1n) is 12.3. The molecule has 0 radical (unpaired) electrons. The molecule has 220 valence electrons. The number of rotatable bonds is 7. The number of aromatic nitrogens is 5. The fraction of sp³-hybridized carbons (Fsp3) is 0.280. The Kier molecular flexibility index (Phi) is 7.49. The maximum absolute atomic E-state index is 14.3. The fourth-order valence-electron chi connectivity index (χ4n) is 4.57. The largest absolute Gasteiger partial charge is 0.493 e. The van der Waals surface area contributed by atoms with Crippen molar-refractivity contribution in [2.75, 3.05) is 18.4 Å². The first kappa shape index (κ1) is 28.4. The zero-order valence-electron chi connectivity index (χ0n) is 21.3. The second kappa shape index (κ2) is 11.1. The van der Waals surface area contributed by atoms with Crippen molar-refractivity contribution in [1.29, 1.82) is 0 Å². The van der Waals surface area contributed by atoms with E-state index >= 15 is 0 Å². The molecule has 17 heteroatoms. The predicted molar refractivity (Wildman–Crippen MR) is 131 cm³/mol. The summed E-state index contributed by atoms with van der Waals surface area (Å²) in [5.41, 5.74) is -1.26. The molecule has 12 nitrogen and oxygen atoms in total. The van der Waals surface area contributed by atoms with Gasteiger partial charge in [-0.15, -0.1) is 0 Å². The third-order valence-electron chi connectivity index (χ3n) is 6.66. The third-order valence-corrected chi connectivity index (χ3v) is 6.66. The normalized spacial score (nSPS) is 14.9. The van der Waals surface area contributed by atoms with Gasteiger partial charge in [-0.3, -0.25) is 9.89 Å². The number of carbonyl (C=O) groups is 2. The highest BCUT2D eigenvalue weighted by Crippen LogP contribution is 2.38. The van der Waals surface area contributed by atoms with Gasteiger partial charge < -0.3 is 19.5 Å². The highest BCUT2D eigenvalue weighted by molar-refractivity contribution is 5.94. The molecule has 2 N–H and O–H groups in total. The number of halogens is 5. The number of amides is 1. The van der Waals surface area contributed by atoms with Crippen LogP contribution in [0.15, 0.2) is 57.9 Å². The van der Waals surface area contributed by atoms with E-state index in [9.17, 15) is 36.3 Å². The summed E-state index contributed by atoms with van der Waals surface area (Å²) in [5, 5.41) is 13.3. The minimum absolute atomic E-state index is 0.0166. The Hall–Kier alpha value is -5.09. The van der Waals surface area contributed by atoms with Crippen LogP contribution in [0.2, 0.25) is 0 Å². The summed E-state index contributed by atoms with van der Waals surface area (Å²) in [7, 11) is 0. The molecule has 0 unspecified atom stereocenters. The molecule has 1 amide bonds. The number of H-pyrrole nitrogens is 1. The second-order valence-electron chi connectivity index (χ2n) is 9.38. The maximum atomic E-state index is 14.3. The van der Waals surface area contributed by atoms with Crippen LogP contribution in [-0.2, 0) is 16.6 Å². The second-order valence-corrected chi connectivity index (χ2v) is 9.38. The first-order valence-corrected chi connectivity index (χ1v) is 12.3. The van der Waals surface area contributed by atoms with Gasteiger partial charge in [0.1, 0.15) is 11.6 Å². The van der Waals surface area contributed by atoms with Crippen LogP contribution in [-0.4, -0.2) is 61.2 Å². The van der Waals surface area contributed by atoms with Crippen LogP contribution >= 0.6 is 0 Å². The number of carbonyl (C=O) groups excluding carboxylic acids is 2. The van der Waals surface area contributed by atoms with Crippen LogP contribution in [0.1, 0.15) is 34.8 Å². The summed E-state index contributed by atoms with van der Waals surface area (Å²) in [6.07, 6.45) is -3.82. The molecule has 0 bridgehead atoms. The van der Waals surface area contributed by atoms with Gasteiger partial charge in [0.05, 0.1) is 17.2 Å². The molecular weight excluding hydrogens is 573 g/mol. The molecule has 0 aliphatic carbocycles. The summed E-state index contributed by atoms with van der Waals surface area (Å²) in [4.78, 5) is 46.2. The quantitative estimate of drug-likeness (QED) is 0.309. The van der Waals surface area contributed by atoms with Crippen molar-refractivity contribution in [3.8, 4) is 0 Å². The van der Waals surface area contributed by atoms with Crippen LogP contribution in [0, 0.1) is 11.6 Å². The highest BCUT2D eigenvalue weighted by atomic mass is 19.4. The van der Waals surface area contributed by atoms with E-state index in [4.69, 9.17) is 4.42 Å². The Balaban J connectivity index is 1.44. The molecule has 3 aromatic heterocycles. The van der Waals surface area contributed by atoms with Gasteiger partial charge in [-0.1, -0.05) is 17.2 Å². The highest BCUT2D eigenvalue weighted by Gasteiger charge is 2.45. The van der Waals surface area contributed by atoms with Gasteiger partial charge in [-0.05, 0) is 42.0 Å². The van der Waals surface area contributed by atoms with Gasteiger partial charge in [-0.2, -0.15) is 18.3 Å². The fourth-order valence-corrected chi connectivity index (χ4v) is 4.57. The lowest BCUT2D eigenvalue weighted by Gasteiger charge is -2.39. The van der Waals surface area contributed by atoms with Crippen molar-refractivity contribution in [3.05, 3.63) is 88.0 Å². The maximum Gasteiger partial charge on any atom is 0.493 e. The summed E-state index contributed by atoms with van der Waals surface area (Å²) in [6.45, 7) is -0.112. The molecule has 4 heterocycles. The average Bonchev–Trinajstić information content (AvgIpc) is 3.60. The number of anilines is 2. The monoisotopic (exact) mass is 593 g/mol. The van der Waals surface area contributed by atoms with Gasteiger partial charge in [-0.25, -0.2) is 23.4 Å². The van der Waals surface area contributed by atoms with E-state index in [0.717, 1.165) is 12.1 Å². The molecule has 1 aliphatic heterocycles. The number of hydrogen-bond acceptors (Lipinski definition) is 9. The molecule has 1 fully saturated rings. The van der Waals surface area contributed by atoms with Crippen LogP contribution in [0.25, 0.3) is 0 Å². The number of hydrogen-bond donors (Lipinski definition) is 2. The summed E-state index contributed by atoms with van der Waals surface area (Å²) in [6, 6.07) is 9.86. The van der Waals surface area contributed by atoms with Gasteiger partial charge in [0.15, 0.2) is 11.6 Å². The number of pyridine rings is 1. The number of benzene rings is 1. The molecule has 0 spiro atoms. The molecule has 1 saturated heterocycles. The Bertz CT molecular complexity index is 1660. The minimum atomic E-state index is -5.40. The lowest BCUT2D eigenvalue weighted by atomic mass is 9.74. The van der Waals surface area contributed by atoms with E-state index in [1.54, 1.807) is 24.3 Å². The topological polar surface area (TPSA) is 148 Å². The molecule has 1 aliphatic rings. The Morgan fingerprint density at radius 1 is 1.10 bits per heavy atom. The van der Waals surface area contributed by atoms with Crippen molar-refractivity contribution in [2.45, 2.75) is 30.9 Å². The average molecular weight is 593 g/mol. The van der Waals surface area contributed by atoms with Crippen molar-refractivity contribution >= 4 is 23.5 Å². The van der Waals surface area contributed by atoms with Crippen molar-refractivity contribution in [3.63, 3.8) is 0 Å². The van der Waals surface area contributed by atoms with Gasteiger partial charge in [0.25, 0.3) is 5.91 Å². The molecule has 0 saturated carbocycles. The van der Waals surface area contributed by atoms with Gasteiger partial charge in [0.2, 0.25) is 5.89 Å². The summed E-state index contributed by atoms with van der Waals surface area (Å²) < 4.78 is 71.3. The Labute approximate surface area is 232 Å². The van der Waals surface area contributed by atoms with Crippen LogP contribution in [0.3, 0.4) is 0 Å². The summed E-state index contributed by atoms with van der Waals surface area (Å²) >= 11 is 0. The molecular formula is C25H20F5N7O5.